The molecule has 0 saturated carbocycles. The molecule has 1 heterocycles. The number of benzene rings is 1. The predicted molar refractivity (Wildman–Crippen MR) is 58.8 cm³/mol. The molecule has 0 aliphatic heterocycles. The first-order valence-electron chi connectivity index (χ1n) is 4.26. The van der Waals surface area contributed by atoms with Gasteiger partial charge in [0.05, 0.1) is 10.3 Å². The Hall–Kier alpha value is -1.76. The maximum atomic E-state index is 11.3. The summed E-state index contributed by atoms with van der Waals surface area (Å²) in [7, 11) is 0. The summed E-state index contributed by atoms with van der Waals surface area (Å²) in [5.74, 6) is -0.480. The van der Waals surface area contributed by atoms with Crippen LogP contribution in [0.1, 0.15) is 10.7 Å². The van der Waals surface area contributed by atoms with Crippen LogP contribution in [0, 0.1) is 10.1 Å². The Labute approximate surface area is 97.5 Å². The van der Waals surface area contributed by atoms with Gasteiger partial charge in [-0.25, -0.2) is 0 Å². The molecule has 0 unspecified atom stereocenters. The lowest BCUT2D eigenvalue weighted by atomic mass is 10.3. The molecule has 1 aromatic carbocycles. The number of hydrogen-bond acceptors (Lipinski definition) is 5. The number of halogens is 1. The minimum atomic E-state index is -0.562. The number of carbonyl (C=O) groups is 1. The lowest BCUT2D eigenvalue weighted by molar-refractivity contribution is -0.383. The summed E-state index contributed by atoms with van der Waals surface area (Å²) in [6.45, 7) is 0. The smallest absolute Gasteiger partial charge is 0.298 e. The molecule has 0 amide bonds. The fourth-order valence-corrected chi connectivity index (χ4v) is 1.50. The zero-order chi connectivity index (χ0) is 11.7. The van der Waals surface area contributed by atoms with Gasteiger partial charge in [0.25, 0.3) is 11.6 Å². The van der Waals surface area contributed by atoms with Crippen LogP contribution in [0.5, 0.6) is 0 Å². The topological polar surface area (TPSA) is 86.2 Å². The van der Waals surface area contributed by atoms with Crippen molar-refractivity contribution in [1.29, 1.82) is 0 Å². The van der Waals surface area contributed by atoms with E-state index in [-0.39, 0.29) is 33.8 Å². The van der Waals surface area contributed by atoms with E-state index in [9.17, 15) is 14.9 Å². The molecule has 2 rings (SSSR count). The normalized spacial score (nSPS) is 10.6. The van der Waals surface area contributed by atoms with E-state index in [1.165, 1.54) is 18.2 Å². The number of oxazole rings is 1. The van der Waals surface area contributed by atoms with Crippen molar-refractivity contribution in [2.24, 2.45) is 0 Å². The first-order valence-corrected chi connectivity index (χ1v) is 5.38. The van der Waals surface area contributed by atoms with E-state index in [4.69, 9.17) is 4.42 Å². The summed E-state index contributed by atoms with van der Waals surface area (Å²) in [5.41, 5.74) is 0.158. The maximum absolute atomic E-state index is 11.3. The van der Waals surface area contributed by atoms with Gasteiger partial charge in [0, 0.05) is 6.07 Å². The molecule has 16 heavy (non-hydrogen) atoms. The number of nitro benzene ring substituents is 1. The van der Waals surface area contributed by atoms with Crippen molar-refractivity contribution in [1.82, 2.24) is 4.98 Å². The van der Waals surface area contributed by atoms with E-state index in [1.807, 2.05) is 0 Å². The SMILES string of the molecule is O=C(CBr)c1nc2c([N+](=O)[O-])cccc2o1. The minimum Gasteiger partial charge on any atom is -0.433 e. The minimum absolute atomic E-state index is 0.0631. The Bertz CT molecular complexity index is 578. The van der Waals surface area contributed by atoms with Crippen LogP contribution in [-0.4, -0.2) is 21.0 Å². The van der Waals surface area contributed by atoms with Gasteiger partial charge in [0.15, 0.2) is 11.1 Å². The summed E-state index contributed by atoms with van der Waals surface area (Å²) < 4.78 is 5.12. The van der Waals surface area contributed by atoms with Gasteiger partial charge in [-0.15, -0.1) is 0 Å². The molecule has 6 nitrogen and oxygen atoms in total. The third kappa shape index (κ3) is 1.69. The van der Waals surface area contributed by atoms with Gasteiger partial charge in [-0.05, 0) is 6.07 Å². The highest BCUT2D eigenvalue weighted by atomic mass is 79.9. The van der Waals surface area contributed by atoms with Gasteiger partial charge in [0.2, 0.25) is 5.78 Å². The van der Waals surface area contributed by atoms with Crippen molar-refractivity contribution in [3.8, 4) is 0 Å². The van der Waals surface area contributed by atoms with E-state index in [0.717, 1.165) is 0 Å². The highest BCUT2D eigenvalue weighted by Crippen LogP contribution is 2.25. The number of non-ortho nitro benzene ring substituents is 1. The molecule has 0 bridgehead atoms. The molecule has 0 N–H and O–H groups in total. The van der Waals surface area contributed by atoms with Gasteiger partial charge in [-0.2, -0.15) is 4.98 Å². The molecule has 2 aromatic rings. The van der Waals surface area contributed by atoms with E-state index >= 15 is 0 Å². The predicted octanol–water partition coefficient (Wildman–Crippen LogP) is 2.31. The fourth-order valence-electron chi connectivity index (χ4n) is 1.26. The van der Waals surface area contributed by atoms with Crippen LogP contribution in [0.4, 0.5) is 5.69 Å². The van der Waals surface area contributed by atoms with Crippen molar-refractivity contribution >= 4 is 38.5 Å². The number of nitrogens with zero attached hydrogens (tertiary/aromatic N) is 2. The van der Waals surface area contributed by atoms with Gasteiger partial charge in [-0.3, -0.25) is 14.9 Å². The van der Waals surface area contributed by atoms with Crippen LogP contribution < -0.4 is 0 Å². The molecule has 0 radical (unpaired) electrons. The molecule has 0 spiro atoms. The third-order valence-electron chi connectivity index (χ3n) is 1.95. The van der Waals surface area contributed by atoms with Crippen LogP contribution in [0.2, 0.25) is 0 Å². The summed E-state index contributed by atoms with van der Waals surface area (Å²) >= 11 is 2.97. The number of ketones is 1. The van der Waals surface area contributed by atoms with Gasteiger partial charge >= 0.3 is 0 Å². The number of rotatable bonds is 3. The average Bonchev–Trinajstić information content (AvgIpc) is 2.70. The quantitative estimate of drug-likeness (QED) is 0.374. The van der Waals surface area contributed by atoms with Gasteiger partial charge in [-0.1, -0.05) is 22.0 Å². The zero-order valence-corrected chi connectivity index (χ0v) is 9.43. The maximum Gasteiger partial charge on any atom is 0.298 e. The highest BCUT2D eigenvalue weighted by Gasteiger charge is 2.19. The molecule has 7 heteroatoms. The molecule has 82 valence electrons. The van der Waals surface area contributed by atoms with E-state index < -0.39 is 4.92 Å². The van der Waals surface area contributed by atoms with Crippen LogP contribution in [-0.2, 0) is 0 Å². The molecule has 0 aliphatic rings. The molecule has 0 fully saturated rings. The number of fused-ring (bicyclic) bond motifs is 1. The Morgan fingerprint density at radius 3 is 2.94 bits per heavy atom. The van der Waals surface area contributed by atoms with Crippen LogP contribution in [0.3, 0.4) is 0 Å². The molecule has 0 aliphatic carbocycles. The summed E-state index contributed by atoms with van der Waals surface area (Å²) in [6.07, 6.45) is 0. The first kappa shape index (κ1) is 10.7. The number of carbonyl (C=O) groups excluding carboxylic acids is 1. The molecule has 1 aromatic heterocycles. The van der Waals surface area contributed by atoms with E-state index in [2.05, 4.69) is 20.9 Å². The fraction of sp³-hybridized carbons (Fsp3) is 0.111. The summed E-state index contributed by atoms with van der Waals surface area (Å²) in [6, 6.07) is 4.32. The Balaban J connectivity index is 2.65. The van der Waals surface area contributed by atoms with Crippen molar-refractivity contribution in [2.75, 3.05) is 5.33 Å². The molecular formula is C9H5BrN2O4. The van der Waals surface area contributed by atoms with Crippen molar-refractivity contribution in [3.63, 3.8) is 0 Å². The number of nitro groups is 1. The van der Waals surface area contributed by atoms with Crippen LogP contribution in [0.15, 0.2) is 22.6 Å². The number of aromatic nitrogens is 1. The number of alkyl halides is 1. The Morgan fingerprint density at radius 2 is 2.31 bits per heavy atom. The van der Waals surface area contributed by atoms with E-state index in [0.29, 0.717) is 0 Å². The van der Waals surface area contributed by atoms with Gasteiger partial charge < -0.3 is 4.42 Å². The monoisotopic (exact) mass is 284 g/mol. The summed E-state index contributed by atoms with van der Waals surface area (Å²) in [4.78, 5) is 25.2. The van der Waals surface area contributed by atoms with Crippen LogP contribution in [0.25, 0.3) is 11.1 Å². The lowest BCUT2D eigenvalue weighted by Gasteiger charge is -1.88. The standard InChI is InChI=1S/C9H5BrN2O4/c10-4-6(13)9-11-8-5(12(14)15)2-1-3-7(8)16-9/h1-3H,4H2. The largest absolute Gasteiger partial charge is 0.433 e. The summed E-state index contributed by atoms with van der Waals surface area (Å²) in [5, 5.41) is 10.8. The van der Waals surface area contributed by atoms with E-state index in [1.54, 1.807) is 0 Å². The highest BCUT2D eigenvalue weighted by molar-refractivity contribution is 9.09. The molecular weight excluding hydrogens is 280 g/mol. The molecule has 0 atom stereocenters. The zero-order valence-electron chi connectivity index (χ0n) is 7.84. The number of hydrogen-bond donors (Lipinski definition) is 0. The Kier molecular flexibility index (Phi) is 2.69. The third-order valence-corrected chi connectivity index (χ3v) is 2.46. The van der Waals surface area contributed by atoms with Crippen molar-refractivity contribution in [2.45, 2.75) is 0 Å². The second-order valence-electron chi connectivity index (χ2n) is 2.96. The second-order valence-corrected chi connectivity index (χ2v) is 3.52. The van der Waals surface area contributed by atoms with Gasteiger partial charge in [0.1, 0.15) is 0 Å². The Morgan fingerprint density at radius 1 is 1.56 bits per heavy atom. The first-order chi connectivity index (χ1) is 7.63. The van der Waals surface area contributed by atoms with Crippen LogP contribution >= 0.6 is 15.9 Å². The lowest BCUT2D eigenvalue weighted by Crippen LogP contribution is -1.99. The number of Topliss-reactive ketones (excluding diaryl/α,β-unsaturated/α-hetero) is 1. The average molecular weight is 285 g/mol. The van der Waals surface area contributed by atoms with Crippen molar-refractivity contribution in [3.05, 3.63) is 34.2 Å². The second kappa shape index (κ2) is 4.01. The number of para-hydroxylation sites is 1. The van der Waals surface area contributed by atoms with Crippen molar-refractivity contribution < 1.29 is 14.1 Å². The molecule has 0 saturated heterocycles.